The highest BCUT2D eigenvalue weighted by Crippen LogP contribution is 2.24. The Morgan fingerprint density at radius 3 is 2.31 bits per heavy atom. The average molecular weight is 403 g/mol. The van der Waals surface area contributed by atoms with E-state index in [1.54, 1.807) is 0 Å². The first-order chi connectivity index (χ1) is 13.8. The third-order valence-electron chi connectivity index (χ3n) is 5.49. The summed E-state index contributed by atoms with van der Waals surface area (Å²) in [4.78, 5) is 26.2. The molecule has 0 bridgehead atoms. The molecule has 29 heavy (non-hydrogen) atoms. The molecule has 162 valence electrons. The molecule has 5 nitrogen and oxygen atoms in total. The Bertz CT molecular complexity index is 641. The van der Waals surface area contributed by atoms with Crippen LogP contribution in [0.3, 0.4) is 0 Å². The summed E-state index contributed by atoms with van der Waals surface area (Å²) in [5.74, 6) is 1.18. The van der Waals surface area contributed by atoms with Crippen molar-refractivity contribution in [3.05, 3.63) is 29.8 Å². The maximum Gasteiger partial charge on any atom is 0.222 e. The minimum Gasteiger partial charge on any atom is -0.494 e. The molecule has 1 saturated heterocycles. The van der Waals surface area contributed by atoms with E-state index < -0.39 is 0 Å². The molecule has 0 radical (unpaired) electrons. The summed E-state index contributed by atoms with van der Waals surface area (Å²) >= 11 is 0. The fourth-order valence-corrected chi connectivity index (χ4v) is 3.53. The van der Waals surface area contributed by atoms with E-state index in [0.29, 0.717) is 25.9 Å². The monoisotopic (exact) mass is 402 g/mol. The van der Waals surface area contributed by atoms with Crippen molar-refractivity contribution in [3.8, 4) is 5.75 Å². The van der Waals surface area contributed by atoms with Gasteiger partial charge in [0.05, 0.1) is 6.61 Å². The van der Waals surface area contributed by atoms with Crippen molar-refractivity contribution in [3.63, 3.8) is 0 Å². The summed E-state index contributed by atoms with van der Waals surface area (Å²) in [6, 6.07) is 8.37. The lowest BCUT2D eigenvalue weighted by Crippen LogP contribution is -2.46. The van der Waals surface area contributed by atoms with Crippen molar-refractivity contribution in [2.24, 2.45) is 0 Å². The number of carbonyl (C=O) groups excluding carboxylic acids is 2. The molecule has 0 saturated carbocycles. The number of unbranched alkanes of at least 4 members (excludes halogenated alkanes) is 1. The number of rotatable bonds is 9. The number of nitrogens with one attached hydrogen (secondary N) is 1. The molecule has 1 aliphatic rings. The number of benzene rings is 1. The number of hydrogen-bond acceptors (Lipinski definition) is 3. The molecule has 1 aromatic carbocycles. The highest BCUT2D eigenvalue weighted by molar-refractivity contribution is 5.77. The number of nitrogens with zero attached hydrogens (tertiary/aromatic N) is 1. The lowest BCUT2D eigenvalue weighted by molar-refractivity contribution is -0.132. The number of amides is 2. The van der Waals surface area contributed by atoms with Crippen molar-refractivity contribution < 1.29 is 14.3 Å². The van der Waals surface area contributed by atoms with Crippen molar-refractivity contribution in [1.82, 2.24) is 10.2 Å². The van der Waals surface area contributed by atoms with E-state index in [0.717, 1.165) is 44.5 Å². The Kier molecular flexibility index (Phi) is 8.99. The van der Waals surface area contributed by atoms with Gasteiger partial charge in [-0.3, -0.25) is 9.59 Å². The summed E-state index contributed by atoms with van der Waals surface area (Å²) in [6.07, 6.45) is 5.51. The van der Waals surface area contributed by atoms with Crippen LogP contribution in [0.15, 0.2) is 24.3 Å². The molecule has 2 amide bonds. The molecule has 1 aromatic rings. The van der Waals surface area contributed by atoms with E-state index >= 15 is 0 Å². The number of hydrogen-bond donors (Lipinski definition) is 1. The molecule has 0 aromatic heterocycles. The average Bonchev–Trinajstić information content (AvgIpc) is 2.69. The van der Waals surface area contributed by atoms with Crippen LogP contribution in [0.25, 0.3) is 0 Å². The first-order valence-electron chi connectivity index (χ1n) is 11.1. The Labute approximate surface area is 176 Å². The molecule has 0 spiro atoms. The van der Waals surface area contributed by atoms with Crippen LogP contribution in [0.5, 0.6) is 5.75 Å². The number of carbonyl (C=O) groups is 2. The zero-order valence-corrected chi connectivity index (χ0v) is 18.6. The highest BCUT2D eigenvalue weighted by Gasteiger charge is 2.23. The predicted molar refractivity (Wildman–Crippen MR) is 117 cm³/mol. The van der Waals surface area contributed by atoms with E-state index in [-0.39, 0.29) is 23.3 Å². The fourth-order valence-electron chi connectivity index (χ4n) is 3.53. The first-order valence-corrected chi connectivity index (χ1v) is 11.1. The van der Waals surface area contributed by atoms with Gasteiger partial charge >= 0.3 is 0 Å². The fraction of sp³-hybridized carbons (Fsp3) is 0.667. The van der Waals surface area contributed by atoms with E-state index in [1.807, 2.05) is 17.0 Å². The number of piperidine rings is 1. The van der Waals surface area contributed by atoms with Crippen molar-refractivity contribution in [2.75, 3.05) is 19.7 Å². The lowest BCUT2D eigenvalue weighted by Gasteiger charge is -2.32. The second-order valence-corrected chi connectivity index (χ2v) is 9.05. The SMILES string of the molecule is CCCCC(=O)N1CCC(NC(=O)CCCOc2ccc(C(C)(C)C)cc2)CC1. The second-order valence-electron chi connectivity index (χ2n) is 9.05. The molecule has 1 aliphatic heterocycles. The van der Waals surface area contributed by atoms with Gasteiger partial charge in [-0.2, -0.15) is 0 Å². The van der Waals surface area contributed by atoms with E-state index in [2.05, 4.69) is 45.1 Å². The lowest BCUT2D eigenvalue weighted by atomic mass is 9.87. The van der Waals surface area contributed by atoms with Gasteiger partial charge < -0.3 is 15.0 Å². The minimum absolute atomic E-state index is 0.0763. The Balaban J connectivity index is 1.60. The van der Waals surface area contributed by atoms with Gasteiger partial charge in [-0.15, -0.1) is 0 Å². The normalized spacial score (nSPS) is 15.2. The Morgan fingerprint density at radius 2 is 1.72 bits per heavy atom. The molecule has 1 heterocycles. The van der Waals surface area contributed by atoms with Gasteiger partial charge in [0, 0.05) is 32.0 Å². The van der Waals surface area contributed by atoms with Gasteiger partial charge in [0.15, 0.2) is 0 Å². The van der Waals surface area contributed by atoms with Crippen LogP contribution in [-0.2, 0) is 15.0 Å². The summed E-state index contributed by atoms with van der Waals surface area (Å²) in [5.41, 5.74) is 1.41. The Hall–Kier alpha value is -2.04. The summed E-state index contributed by atoms with van der Waals surface area (Å²) < 4.78 is 5.76. The molecule has 5 heteroatoms. The van der Waals surface area contributed by atoms with Crippen LogP contribution in [0, 0.1) is 0 Å². The van der Waals surface area contributed by atoms with Gasteiger partial charge in [0.2, 0.25) is 11.8 Å². The van der Waals surface area contributed by atoms with Crippen molar-refractivity contribution >= 4 is 11.8 Å². The smallest absolute Gasteiger partial charge is 0.222 e. The number of likely N-dealkylation sites (tertiary alicyclic amines) is 1. The van der Waals surface area contributed by atoms with Gasteiger partial charge in [0.1, 0.15) is 5.75 Å². The molecule has 0 atom stereocenters. The molecule has 1 fully saturated rings. The third-order valence-corrected chi connectivity index (χ3v) is 5.49. The molecule has 0 aliphatic carbocycles. The quantitative estimate of drug-likeness (QED) is 0.621. The second kappa shape index (κ2) is 11.2. The summed E-state index contributed by atoms with van der Waals surface area (Å²) in [7, 11) is 0. The summed E-state index contributed by atoms with van der Waals surface area (Å²) in [5, 5.41) is 3.11. The largest absolute Gasteiger partial charge is 0.494 e. The van der Waals surface area contributed by atoms with E-state index in [9.17, 15) is 9.59 Å². The topological polar surface area (TPSA) is 58.6 Å². The van der Waals surface area contributed by atoms with Gasteiger partial charge in [0.25, 0.3) is 0 Å². The minimum atomic E-state index is 0.0763. The van der Waals surface area contributed by atoms with Gasteiger partial charge in [-0.05, 0) is 48.8 Å². The van der Waals surface area contributed by atoms with Crippen LogP contribution in [-0.4, -0.2) is 42.5 Å². The van der Waals surface area contributed by atoms with E-state index in [4.69, 9.17) is 4.74 Å². The van der Waals surface area contributed by atoms with Crippen LogP contribution in [0.1, 0.15) is 78.2 Å². The highest BCUT2D eigenvalue weighted by atomic mass is 16.5. The van der Waals surface area contributed by atoms with Crippen molar-refractivity contribution in [2.45, 2.75) is 84.1 Å². The molecular formula is C24H38N2O3. The van der Waals surface area contributed by atoms with Crippen LogP contribution in [0.4, 0.5) is 0 Å². The van der Waals surface area contributed by atoms with Gasteiger partial charge in [-0.25, -0.2) is 0 Å². The Morgan fingerprint density at radius 1 is 1.07 bits per heavy atom. The maximum atomic E-state index is 12.2. The van der Waals surface area contributed by atoms with Crippen LogP contribution in [0.2, 0.25) is 0 Å². The maximum absolute atomic E-state index is 12.2. The first kappa shape index (κ1) is 23.2. The molecular weight excluding hydrogens is 364 g/mol. The predicted octanol–water partition coefficient (Wildman–Crippen LogP) is 4.44. The zero-order chi connectivity index (χ0) is 21.3. The van der Waals surface area contributed by atoms with Crippen LogP contribution < -0.4 is 10.1 Å². The van der Waals surface area contributed by atoms with E-state index in [1.165, 1.54) is 5.56 Å². The third kappa shape index (κ3) is 8.08. The van der Waals surface area contributed by atoms with Gasteiger partial charge in [-0.1, -0.05) is 46.2 Å². The van der Waals surface area contributed by atoms with Crippen molar-refractivity contribution in [1.29, 1.82) is 0 Å². The standard InChI is InChI=1S/C24H38N2O3/c1-5-6-9-23(28)26-16-14-20(15-17-26)25-22(27)8-7-18-29-21-12-10-19(11-13-21)24(2,3)4/h10-13,20H,5-9,14-18H2,1-4H3,(H,25,27). The molecule has 1 N–H and O–H groups in total. The number of ether oxygens (including phenoxy) is 1. The molecule has 2 rings (SSSR count). The van der Waals surface area contributed by atoms with Crippen LogP contribution >= 0.6 is 0 Å². The zero-order valence-electron chi connectivity index (χ0n) is 18.6. The summed E-state index contributed by atoms with van der Waals surface area (Å²) in [6.45, 7) is 10.7. The molecule has 0 unspecified atom stereocenters.